The van der Waals surface area contributed by atoms with Crippen LogP contribution >= 0.6 is 11.6 Å². The van der Waals surface area contributed by atoms with Crippen LogP contribution in [-0.2, 0) is 0 Å². The summed E-state index contributed by atoms with van der Waals surface area (Å²) in [7, 11) is 1.60. The lowest BCUT2D eigenvalue weighted by Crippen LogP contribution is -2.13. The number of hydrogen-bond donors (Lipinski definition) is 1. The van der Waals surface area contributed by atoms with Crippen molar-refractivity contribution in [3.05, 3.63) is 58.4 Å². The summed E-state index contributed by atoms with van der Waals surface area (Å²) in [4.78, 5) is 4.11. The van der Waals surface area contributed by atoms with Crippen LogP contribution in [0.4, 0.5) is 0 Å². The second kappa shape index (κ2) is 5.38. The Kier molecular flexibility index (Phi) is 3.84. The Balaban J connectivity index is 2.41. The van der Waals surface area contributed by atoms with Crippen molar-refractivity contribution in [1.82, 2.24) is 4.98 Å². The molecule has 1 heterocycles. The fourth-order valence-electron chi connectivity index (χ4n) is 1.81. The lowest BCUT2D eigenvalue weighted by atomic mass is 9.99. The zero-order valence-electron chi connectivity index (χ0n) is 10.4. The minimum atomic E-state index is -0.306. The number of ether oxygens (including phenoxy) is 1. The highest BCUT2D eigenvalue weighted by molar-refractivity contribution is 6.32. The molecule has 18 heavy (non-hydrogen) atoms. The Bertz CT molecular complexity index is 557. The number of aryl methyl sites for hydroxylation is 1. The quantitative estimate of drug-likeness (QED) is 0.925. The van der Waals surface area contributed by atoms with Gasteiger partial charge in [-0.3, -0.25) is 4.98 Å². The first kappa shape index (κ1) is 12.9. The van der Waals surface area contributed by atoms with Crippen molar-refractivity contribution in [1.29, 1.82) is 0 Å². The van der Waals surface area contributed by atoms with E-state index < -0.39 is 0 Å². The summed E-state index contributed by atoms with van der Waals surface area (Å²) in [5, 5.41) is 0.702. The van der Waals surface area contributed by atoms with E-state index >= 15 is 0 Å². The molecule has 0 saturated carbocycles. The summed E-state index contributed by atoms with van der Waals surface area (Å²) in [6, 6.07) is 7.40. The molecule has 0 bridgehead atoms. The van der Waals surface area contributed by atoms with Crippen LogP contribution in [0, 0.1) is 6.92 Å². The Morgan fingerprint density at radius 2 is 2.11 bits per heavy atom. The van der Waals surface area contributed by atoms with Crippen molar-refractivity contribution in [2.75, 3.05) is 7.11 Å². The molecular weight excluding hydrogens is 248 g/mol. The molecule has 0 aliphatic heterocycles. The number of rotatable bonds is 3. The topological polar surface area (TPSA) is 48.1 Å². The molecular formula is C14H15ClN2O. The Hall–Kier alpha value is -1.58. The maximum absolute atomic E-state index is 6.28. The highest BCUT2D eigenvalue weighted by Gasteiger charge is 2.14. The average molecular weight is 263 g/mol. The SMILES string of the molecule is COc1cncc(C(N)c2cccc(C)c2Cl)c1. The van der Waals surface area contributed by atoms with Gasteiger partial charge in [0, 0.05) is 11.2 Å². The fourth-order valence-corrected chi connectivity index (χ4v) is 2.05. The van der Waals surface area contributed by atoms with Gasteiger partial charge in [-0.1, -0.05) is 29.8 Å². The van der Waals surface area contributed by atoms with Gasteiger partial charge in [0.05, 0.1) is 19.3 Å². The van der Waals surface area contributed by atoms with E-state index in [4.69, 9.17) is 22.1 Å². The average Bonchev–Trinajstić information content (AvgIpc) is 2.41. The van der Waals surface area contributed by atoms with Gasteiger partial charge in [-0.15, -0.1) is 0 Å². The molecule has 2 rings (SSSR count). The lowest BCUT2D eigenvalue weighted by molar-refractivity contribution is 0.412. The smallest absolute Gasteiger partial charge is 0.137 e. The molecule has 2 aromatic rings. The summed E-state index contributed by atoms with van der Waals surface area (Å²) < 4.78 is 5.14. The highest BCUT2D eigenvalue weighted by atomic mass is 35.5. The number of nitrogens with zero attached hydrogens (tertiary/aromatic N) is 1. The van der Waals surface area contributed by atoms with Crippen molar-refractivity contribution < 1.29 is 4.74 Å². The molecule has 1 aromatic heterocycles. The monoisotopic (exact) mass is 262 g/mol. The molecule has 0 fully saturated rings. The summed E-state index contributed by atoms with van der Waals surface area (Å²) in [5.41, 5.74) is 9.02. The number of pyridine rings is 1. The molecule has 0 aliphatic carbocycles. The molecule has 0 radical (unpaired) electrons. The number of aromatic nitrogens is 1. The molecule has 1 unspecified atom stereocenters. The molecule has 0 saturated heterocycles. The van der Waals surface area contributed by atoms with Crippen molar-refractivity contribution >= 4 is 11.6 Å². The van der Waals surface area contributed by atoms with Crippen LogP contribution in [0.2, 0.25) is 5.02 Å². The molecule has 3 nitrogen and oxygen atoms in total. The first-order valence-corrected chi connectivity index (χ1v) is 6.01. The molecule has 0 aliphatic rings. The fraction of sp³-hybridized carbons (Fsp3) is 0.214. The van der Waals surface area contributed by atoms with E-state index in [0.717, 1.165) is 16.7 Å². The van der Waals surface area contributed by atoms with E-state index in [1.54, 1.807) is 19.5 Å². The minimum absolute atomic E-state index is 0.306. The molecule has 4 heteroatoms. The summed E-state index contributed by atoms with van der Waals surface area (Å²) in [6.07, 6.45) is 3.37. The van der Waals surface area contributed by atoms with Crippen molar-refractivity contribution in [3.8, 4) is 5.75 Å². The van der Waals surface area contributed by atoms with Gasteiger partial charge in [-0.05, 0) is 29.7 Å². The predicted molar refractivity (Wildman–Crippen MR) is 73.0 cm³/mol. The van der Waals surface area contributed by atoms with E-state index in [2.05, 4.69) is 4.98 Å². The first-order valence-electron chi connectivity index (χ1n) is 5.63. The molecule has 0 amide bonds. The van der Waals surface area contributed by atoms with Crippen molar-refractivity contribution in [2.45, 2.75) is 13.0 Å². The molecule has 94 valence electrons. The summed E-state index contributed by atoms with van der Waals surface area (Å²) in [5.74, 6) is 0.687. The van der Waals surface area contributed by atoms with Crippen LogP contribution in [0.25, 0.3) is 0 Å². The van der Waals surface area contributed by atoms with Crippen LogP contribution in [0.1, 0.15) is 22.7 Å². The van der Waals surface area contributed by atoms with Crippen molar-refractivity contribution in [3.63, 3.8) is 0 Å². The second-order valence-corrected chi connectivity index (χ2v) is 4.49. The molecule has 2 N–H and O–H groups in total. The zero-order chi connectivity index (χ0) is 13.1. The van der Waals surface area contributed by atoms with Gasteiger partial charge in [0.25, 0.3) is 0 Å². The van der Waals surface area contributed by atoms with Gasteiger partial charge < -0.3 is 10.5 Å². The van der Waals surface area contributed by atoms with E-state index in [1.165, 1.54) is 0 Å². The standard InChI is InChI=1S/C14H15ClN2O/c1-9-4-3-5-12(13(9)15)14(16)10-6-11(18-2)8-17-7-10/h3-8,14H,16H2,1-2H3. The van der Waals surface area contributed by atoms with E-state index in [-0.39, 0.29) is 6.04 Å². The van der Waals surface area contributed by atoms with Gasteiger partial charge in [-0.2, -0.15) is 0 Å². The van der Waals surface area contributed by atoms with Crippen LogP contribution in [0.3, 0.4) is 0 Å². The predicted octanol–water partition coefficient (Wildman–Crippen LogP) is 3.10. The number of halogens is 1. The van der Waals surface area contributed by atoms with E-state index in [0.29, 0.717) is 10.8 Å². The number of benzene rings is 1. The van der Waals surface area contributed by atoms with Crippen LogP contribution in [0.5, 0.6) is 5.75 Å². The third-order valence-corrected chi connectivity index (χ3v) is 3.40. The third kappa shape index (κ3) is 2.47. The van der Waals surface area contributed by atoms with Gasteiger partial charge in [0.1, 0.15) is 5.75 Å². The van der Waals surface area contributed by atoms with Gasteiger partial charge in [0.15, 0.2) is 0 Å². The van der Waals surface area contributed by atoms with E-state index in [9.17, 15) is 0 Å². The largest absolute Gasteiger partial charge is 0.495 e. The Labute approximate surface area is 112 Å². The van der Waals surface area contributed by atoms with E-state index in [1.807, 2.05) is 31.2 Å². The highest BCUT2D eigenvalue weighted by Crippen LogP contribution is 2.29. The number of methoxy groups -OCH3 is 1. The van der Waals surface area contributed by atoms with Gasteiger partial charge in [0.2, 0.25) is 0 Å². The zero-order valence-corrected chi connectivity index (χ0v) is 11.1. The lowest BCUT2D eigenvalue weighted by Gasteiger charge is -2.15. The molecule has 1 aromatic carbocycles. The number of nitrogens with two attached hydrogens (primary N) is 1. The second-order valence-electron chi connectivity index (χ2n) is 4.11. The minimum Gasteiger partial charge on any atom is -0.495 e. The summed E-state index contributed by atoms with van der Waals surface area (Å²) in [6.45, 7) is 1.96. The first-order chi connectivity index (χ1) is 8.63. The van der Waals surface area contributed by atoms with Crippen LogP contribution in [0.15, 0.2) is 36.7 Å². The van der Waals surface area contributed by atoms with Crippen LogP contribution < -0.4 is 10.5 Å². The third-order valence-electron chi connectivity index (χ3n) is 2.89. The molecule has 0 spiro atoms. The van der Waals surface area contributed by atoms with Crippen LogP contribution in [-0.4, -0.2) is 12.1 Å². The number of hydrogen-bond acceptors (Lipinski definition) is 3. The Morgan fingerprint density at radius 1 is 1.33 bits per heavy atom. The normalized spacial score (nSPS) is 12.2. The maximum Gasteiger partial charge on any atom is 0.137 e. The van der Waals surface area contributed by atoms with Crippen molar-refractivity contribution in [2.24, 2.45) is 5.73 Å². The summed E-state index contributed by atoms with van der Waals surface area (Å²) >= 11 is 6.28. The molecule has 1 atom stereocenters. The maximum atomic E-state index is 6.28. The van der Waals surface area contributed by atoms with Gasteiger partial charge >= 0.3 is 0 Å². The van der Waals surface area contributed by atoms with Gasteiger partial charge in [-0.25, -0.2) is 0 Å². The Morgan fingerprint density at radius 3 is 2.83 bits per heavy atom.